The van der Waals surface area contributed by atoms with Crippen molar-refractivity contribution in [1.82, 2.24) is 4.31 Å². The normalized spacial score (nSPS) is 17.9. The van der Waals surface area contributed by atoms with Crippen LogP contribution in [0.3, 0.4) is 0 Å². The first-order valence-corrected chi connectivity index (χ1v) is 10.3. The second kappa shape index (κ2) is 7.40. The van der Waals surface area contributed by atoms with E-state index in [-0.39, 0.29) is 17.1 Å². The summed E-state index contributed by atoms with van der Waals surface area (Å²) in [6, 6.07) is 8.64. The Hall–Kier alpha value is -2.25. The number of aryl methyl sites for hydroxylation is 3. The molecular formula is C20H23FN2O3S. The van der Waals surface area contributed by atoms with Crippen molar-refractivity contribution in [3.8, 4) is 0 Å². The second-order valence-corrected chi connectivity index (χ2v) is 8.80. The van der Waals surface area contributed by atoms with Gasteiger partial charge < -0.3 is 5.32 Å². The van der Waals surface area contributed by atoms with E-state index < -0.39 is 27.8 Å². The highest BCUT2D eigenvalue weighted by Gasteiger charge is 2.40. The number of hydrogen-bond acceptors (Lipinski definition) is 3. The summed E-state index contributed by atoms with van der Waals surface area (Å²) in [5, 5.41) is 2.52. The van der Waals surface area contributed by atoms with Crippen LogP contribution in [-0.4, -0.2) is 31.2 Å². The van der Waals surface area contributed by atoms with Crippen LogP contribution in [0.2, 0.25) is 0 Å². The van der Waals surface area contributed by atoms with Crippen LogP contribution in [0.4, 0.5) is 10.1 Å². The predicted octanol–water partition coefficient (Wildman–Crippen LogP) is 3.54. The van der Waals surface area contributed by atoms with Crippen molar-refractivity contribution in [1.29, 1.82) is 0 Å². The minimum Gasteiger partial charge on any atom is -0.322 e. The smallest absolute Gasteiger partial charge is 0.244 e. The molecule has 2 aromatic rings. The van der Waals surface area contributed by atoms with Gasteiger partial charge in [-0.3, -0.25) is 4.79 Å². The Morgan fingerprint density at radius 3 is 2.41 bits per heavy atom. The van der Waals surface area contributed by atoms with Gasteiger partial charge in [-0.1, -0.05) is 29.8 Å². The Kier molecular flexibility index (Phi) is 5.35. The molecule has 27 heavy (non-hydrogen) atoms. The molecule has 0 unspecified atom stereocenters. The molecule has 0 spiro atoms. The van der Waals surface area contributed by atoms with Crippen molar-refractivity contribution >= 4 is 21.6 Å². The quantitative estimate of drug-likeness (QED) is 0.868. The molecule has 1 saturated heterocycles. The van der Waals surface area contributed by atoms with E-state index in [1.807, 2.05) is 19.1 Å². The van der Waals surface area contributed by atoms with E-state index in [0.717, 1.165) is 5.56 Å². The van der Waals surface area contributed by atoms with E-state index >= 15 is 0 Å². The Balaban J connectivity index is 1.92. The van der Waals surface area contributed by atoms with Gasteiger partial charge in [0.2, 0.25) is 15.9 Å². The van der Waals surface area contributed by atoms with Gasteiger partial charge >= 0.3 is 0 Å². The number of para-hydroxylation sites is 1. The molecule has 1 fully saturated rings. The largest absolute Gasteiger partial charge is 0.322 e. The van der Waals surface area contributed by atoms with Gasteiger partial charge in [0, 0.05) is 6.54 Å². The van der Waals surface area contributed by atoms with Gasteiger partial charge in [-0.15, -0.1) is 0 Å². The predicted molar refractivity (Wildman–Crippen MR) is 103 cm³/mol. The molecule has 1 atom stereocenters. The molecule has 3 rings (SSSR count). The lowest BCUT2D eigenvalue weighted by molar-refractivity contribution is -0.119. The van der Waals surface area contributed by atoms with Gasteiger partial charge in [0.1, 0.15) is 11.9 Å². The van der Waals surface area contributed by atoms with Crippen molar-refractivity contribution in [3.05, 3.63) is 58.9 Å². The zero-order valence-electron chi connectivity index (χ0n) is 15.6. The first-order valence-electron chi connectivity index (χ1n) is 8.87. The van der Waals surface area contributed by atoms with E-state index in [9.17, 15) is 17.6 Å². The SMILES string of the molecule is Cc1cc(C)c(S(=O)(=O)N2CCC[C@@H]2C(=O)Nc2ccccc2F)c(C)c1. The molecule has 0 radical (unpaired) electrons. The van der Waals surface area contributed by atoms with Crippen LogP contribution < -0.4 is 5.32 Å². The average molecular weight is 390 g/mol. The summed E-state index contributed by atoms with van der Waals surface area (Å²) in [6.07, 6.45) is 0.988. The monoisotopic (exact) mass is 390 g/mol. The molecule has 2 aromatic carbocycles. The van der Waals surface area contributed by atoms with E-state index in [0.29, 0.717) is 24.0 Å². The molecule has 144 valence electrons. The maximum Gasteiger partial charge on any atom is 0.244 e. The second-order valence-electron chi connectivity index (χ2n) is 6.97. The van der Waals surface area contributed by atoms with Gasteiger partial charge in [-0.25, -0.2) is 12.8 Å². The van der Waals surface area contributed by atoms with E-state index in [1.165, 1.54) is 22.5 Å². The molecule has 0 aliphatic carbocycles. The molecular weight excluding hydrogens is 367 g/mol. The van der Waals surface area contributed by atoms with E-state index in [2.05, 4.69) is 5.32 Å². The first-order chi connectivity index (χ1) is 12.7. The summed E-state index contributed by atoms with van der Waals surface area (Å²) < 4.78 is 41.7. The van der Waals surface area contributed by atoms with Crippen molar-refractivity contribution < 1.29 is 17.6 Å². The number of nitrogens with one attached hydrogen (secondary N) is 1. The summed E-state index contributed by atoms with van der Waals surface area (Å²) in [5.74, 6) is -1.06. The van der Waals surface area contributed by atoms with Crippen LogP contribution in [0, 0.1) is 26.6 Å². The molecule has 1 N–H and O–H groups in total. The summed E-state index contributed by atoms with van der Waals surface area (Å²) in [7, 11) is -3.83. The molecule has 1 aliphatic rings. The number of amides is 1. The van der Waals surface area contributed by atoms with Crippen molar-refractivity contribution in [2.75, 3.05) is 11.9 Å². The zero-order chi connectivity index (χ0) is 19.8. The maximum atomic E-state index is 13.8. The van der Waals surface area contributed by atoms with Crippen LogP contribution >= 0.6 is 0 Å². The molecule has 1 amide bonds. The fourth-order valence-corrected chi connectivity index (χ4v) is 5.83. The Morgan fingerprint density at radius 2 is 1.78 bits per heavy atom. The lowest BCUT2D eigenvalue weighted by atomic mass is 10.1. The third-order valence-electron chi connectivity index (χ3n) is 4.81. The average Bonchev–Trinajstić information content (AvgIpc) is 3.06. The van der Waals surface area contributed by atoms with Gasteiger partial charge in [0.15, 0.2) is 0 Å². The van der Waals surface area contributed by atoms with Crippen molar-refractivity contribution in [3.63, 3.8) is 0 Å². The summed E-state index contributed by atoms with van der Waals surface area (Å²) >= 11 is 0. The number of halogens is 1. The summed E-state index contributed by atoms with van der Waals surface area (Å²) in [6.45, 7) is 5.70. The lowest BCUT2D eigenvalue weighted by Gasteiger charge is -2.25. The number of carbonyl (C=O) groups is 1. The Morgan fingerprint density at radius 1 is 1.15 bits per heavy atom. The zero-order valence-corrected chi connectivity index (χ0v) is 16.4. The minimum atomic E-state index is -3.83. The number of sulfonamides is 1. The Bertz CT molecular complexity index is 965. The number of anilines is 1. The van der Waals surface area contributed by atoms with Crippen LogP contribution in [-0.2, 0) is 14.8 Å². The first kappa shape index (κ1) is 19.5. The lowest BCUT2D eigenvalue weighted by Crippen LogP contribution is -2.43. The van der Waals surface area contributed by atoms with Crippen molar-refractivity contribution in [2.24, 2.45) is 0 Å². The third kappa shape index (κ3) is 3.75. The van der Waals surface area contributed by atoms with Crippen LogP contribution in [0.5, 0.6) is 0 Å². The fraction of sp³-hybridized carbons (Fsp3) is 0.350. The minimum absolute atomic E-state index is 0.0504. The third-order valence-corrected chi connectivity index (χ3v) is 7.02. The number of nitrogens with zero attached hydrogens (tertiary/aromatic N) is 1. The summed E-state index contributed by atoms with van der Waals surface area (Å²) in [4.78, 5) is 12.9. The molecule has 0 bridgehead atoms. The Labute approximate surface area is 159 Å². The molecule has 0 aromatic heterocycles. The highest BCUT2D eigenvalue weighted by Crippen LogP contribution is 2.31. The highest BCUT2D eigenvalue weighted by molar-refractivity contribution is 7.89. The number of hydrogen-bond donors (Lipinski definition) is 1. The van der Waals surface area contributed by atoms with Gasteiger partial charge in [0.25, 0.3) is 0 Å². The highest BCUT2D eigenvalue weighted by atomic mass is 32.2. The summed E-state index contributed by atoms with van der Waals surface area (Å²) in [5.41, 5.74) is 2.36. The number of benzene rings is 2. The number of rotatable bonds is 4. The molecule has 7 heteroatoms. The maximum absolute atomic E-state index is 13.8. The van der Waals surface area contributed by atoms with Crippen LogP contribution in [0.15, 0.2) is 41.3 Å². The molecule has 0 saturated carbocycles. The van der Waals surface area contributed by atoms with E-state index in [1.54, 1.807) is 19.9 Å². The topological polar surface area (TPSA) is 66.5 Å². The van der Waals surface area contributed by atoms with Gasteiger partial charge in [-0.05, 0) is 56.9 Å². The van der Waals surface area contributed by atoms with Gasteiger partial charge in [-0.2, -0.15) is 4.31 Å². The van der Waals surface area contributed by atoms with Crippen molar-refractivity contribution in [2.45, 2.75) is 44.6 Å². The molecule has 1 aliphatic heterocycles. The fourth-order valence-electron chi connectivity index (χ4n) is 3.76. The molecule has 1 heterocycles. The standard InChI is InChI=1S/C20H23FN2O3S/c1-13-11-14(2)19(15(3)12-13)27(25,26)23-10-6-9-18(23)20(24)22-17-8-5-4-7-16(17)21/h4-5,7-8,11-12,18H,6,9-10H2,1-3H3,(H,22,24)/t18-/m1/s1. The number of carbonyl (C=O) groups excluding carboxylic acids is 1. The van der Waals surface area contributed by atoms with E-state index in [4.69, 9.17) is 0 Å². The molecule has 5 nitrogen and oxygen atoms in total. The van der Waals surface area contributed by atoms with Gasteiger partial charge in [0.05, 0.1) is 10.6 Å². The van der Waals surface area contributed by atoms with Crippen LogP contribution in [0.1, 0.15) is 29.5 Å². The van der Waals surface area contributed by atoms with Crippen LogP contribution in [0.25, 0.3) is 0 Å².